The Hall–Kier alpha value is -1.35. The summed E-state index contributed by atoms with van der Waals surface area (Å²) in [5.41, 5.74) is 1.83. The van der Waals surface area contributed by atoms with Crippen LogP contribution in [0.3, 0.4) is 0 Å². The molecule has 0 aromatic heterocycles. The van der Waals surface area contributed by atoms with E-state index in [-0.39, 0.29) is 18.1 Å². The molecule has 2 rings (SSSR count). The average molecular weight is 233 g/mol. The molecule has 0 spiro atoms. The maximum atomic E-state index is 12.4. The molecule has 1 heterocycles. The van der Waals surface area contributed by atoms with E-state index >= 15 is 0 Å². The van der Waals surface area contributed by atoms with Crippen LogP contribution in [0.4, 0.5) is 0 Å². The Morgan fingerprint density at radius 1 is 1.35 bits per heavy atom. The summed E-state index contributed by atoms with van der Waals surface area (Å²) in [7, 11) is 0. The number of carbonyl (C=O) groups is 1. The standard InChI is InChI=1S/C14H19NO2/c1-10-6-4-5-7-13(10)14(16)15-8-12(3)17-9-11(15)2/h4-7,11-12H,8-9H2,1-3H3/t11-,12+/m1/s1. The number of carbonyl (C=O) groups excluding carboxylic acids is 1. The van der Waals surface area contributed by atoms with Gasteiger partial charge in [0.25, 0.3) is 5.91 Å². The summed E-state index contributed by atoms with van der Waals surface area (Å²) in [4.78, 5) is 14.4. The topological polar surface area (TPSA) is 29.5 Å². The monoisotopic (exact) mass is 233 g/mol. The van der Waals surface area contributed by atoms with Crippen molar-refractivity contribution in [2.75, 3.05) is 13.2 Å². The van der Waals surface area contributed by atoms with E-state index in [0.29, 0.717) is 13.2 Å². The molecule has 1 amide bonds. The minimum atomic E-state index is 0.116. The van der Waals surface area contributed by atoms with Crippen molar-refractivity contribution in [2.45, 2.75) is 32.9 Å². The van der Waals surface area contributed by atoms with Gasteiger partial charge in [0.2, 0.25) is 0 Å². The Labute approximate surface area is 102 Å². The predicted molar refractivity (Wildman–Crippen MR) is 67.1 cm³/mol. The summed E-state index contributed by atoms with van der Waals surface area (Å²) in [6.45, 7) is 7.31. The quantitative estimate of drug-likeness (QED) is 0.744. The van der Waals surface area contributed by atoms with Gasteiger partial charge in [-0.25, -0.2) is 0 Å². The van der Waals surface area contributed by atoms with E-state index in [1.54, 1.807) is 0 Å². The molecule has 2 atom stereocenters. The third kappa shape index (κ3) is 2.50. The van der Waals surface area contributed by atoms with E-state index in [1.807, 2.05) is 49.9 Å². The molecule has 0 N–H and O–H groups in total. The summed E-state index contributed by atoms with van der Waals surface area (Å²) < 4.78 is 5.54. The Morgan fingerprint density at radius 2 is 2.06 bits per heavy atom. The Bertz CT molecular complexity index is 416. The van der Waals surface area contributed by atoms with E-state index in [2.05, 4.69) is 0 Å². The third-order valence-corrected chi connectivity index (χ3v) is 3.24. The second-order valence-electron chi connectivity index (χ2n) is 4.77. The van der Waals surface area contributed by atoms with Crippen molar-refractivity contribution >= 4 is 5.91 Å². The second kappa shape index (κ2) is 4.88. The van der Waals surface area contributed by atoms with Crippen molar-refractivity contribution in [3.05, 3.63) is 35.4 Å². The molecule has 0 radical (unpaired) electrons. The molecule has 3 heteroatoms. The first-order valence-corrected chi connectivity index (χ1v) is 6.08. The smallest absolute Gasteiger partial charge is 0.254 e. The number of hydrogen-bond donors (Lipinski definition) is 0. The number of nitrogens with zero attached hydrogens (tertiary/aromatic N) is 1. The highest BCUT2D eigenvalue weighted by molar-refractivity contribution is 5.95. The lowest BCUT2D eigenvalue weighted by molar-refractivity contribution is -0.0387. The third-order valence-electron chi connectivity index (χ3n) is 3.24. The highest BCUT2D eigenvalue weighted by Crippen LogP contribution is 2.17. The van der Waals surface area contributed by atoms with E-state index < -0.39 is 0 Å². The second-order valence-corrected chi connectivity index (χ2v) is 4.77. The van der Waals surface area contributed by atoms with Crippen LogP contribution in [0, 0.1) is 6.92 Å². The van der Waals surface area contributed by atoms with Gasteiger partial charge in [-0.1, -0.05) is 18.2 Å². The maximum absolute atomic E-state index is 12.4. The normalized spacial score (nSPS) is 24.8. The number of morpholine rings is 1. The largest absolute Gasteiger partial charge is 0.375 e. The molecule has 1 aliphatic heterocycles. The lowest BCUT2D eigenvalue weighted by atomic mass is 10.1. The zero-order chi connectivity index (χ0) is 12.4. The van der Waals surface area contributed by atoms with Crippen LogP contribution in [0.2, 0.25) is 0 Å². The van der Waals surface area contributed by atoms with Crippen LogP contribution in [0.5, 0.6) is 0 Å². The minimum absolute atomic E-state index is 0.116. The molecule has 1 fully saturated rings. The Balaban J connectivity index is 2.22. The van der Waals surface area contributed by atoms with Crippen LogP contribution in [-0.4, -0.2) is 36.1 Å². The number of hydrogen-bond acceptors (Lipinski definition) is 2. The molecule has 1 aliphatic rings. The maximum Gasteiger partial charge on any atom is 0.254 e. The van der Waals surface area contributed by atoms with Gasteiger partial charge in [0, 0.05) is 12.1 Å². The van der Waals surface area contributed by atoms with Crippen LogP contribution in [-0.2, 0) is 4.74 Å². The summed E-state index contributed by atoms with van der Waals surface area (Å²) in [5, 5.41) is 0. The van der Waals surface area contributed by atoms with E-state index in [9.17, 15) is 4.79 Å². The lowest BCUT2D eigenvalue weighted by Crippen LogP contribution is -2.50. The molecule has 1 aromatic rings. The average Bonchev–Trinajstić information content (AvgIpc) is 2.32. The lowest BCUT2D eigenvalue weighted by Gasteiger charge is -2.37. The number of rotatable bonds is 1. The first kappa shape index (κ1) is 12.1. The number of benzene rings is 1. The van der Waals surface area contributed by atoms with Crippen molar-refractivity contribution in [3.8, 4) is 0 Å². The highest BCUT2D eigenvalue weighted by atomic mass is 16.5. The molecule has 17 heavy (non-hydrogen) atoms. The number of aryl methyl sites for hydroxylation is 1. The molecular formula is C14H19NO2. The van der Waals surface area contributed by atoms with Gasteiger partial charge >= 0.3 is 0 Å². The van der Waals surface area contributed by atoms with Gasteiger partial charge in [0.1, 0.15) is 0 Å². The molecule has 0 aliphatic carbocycles. The van der Waals surface area contributed by atoms with Crippen molar-refractivity contribution in [2.24, 2.45) is 0 Å². The van der Waals surface area contributed by atoms with E-state index in [0.717, 1.165) is 11.1 Å². The van der Waals surface area contributed by atoms with Crippen molar-refractivity contribution in [1.29, 1.82) is 0 Å². The van der Waals surface area contributed by atoms with Crippen LogP contribution in [0.15, 0.2) is 24.3 Å². The number of amides is 1. The first-order chi connectivity index (χ1) is 8.09. The Kier molecular flexibility index (Phi) is 3.48. The van der Waals surface area contributed by atoms with Crippen molar-refractivity contribution < 1.29 is 9.53 Å². The summed E-state index contributed by atoms with van der Waals surface area (Å²) in [5.74, 6) is 0.116. The molecule has 1 saturated heterocycles. The molecule has 3 nitrogen and oxygen atoms in total. The van der Waals surface area contributed by atoms with Crippen molar-refractivity contribution in [1.82, 2.24) is 4.90 Å². The zero-order valence-corrected chi connectivity index (χ0v) is 10.6. The van der Waals surface area contributed by atoms with E-state index in [1.165, 1.54) is 0 Å². The molecule has 92 valence electrons. The van der Waals surface area contributed by atoms with Gasteiger partial charge in [-0.2, -0.15) is 0 Å². The van der Waals surface area contributed by atoms with E-state index in [4.69, 9.17) is 4.74 Å². The van der Waals surface area contributed by atoms with Gasteiger partial charge in [-0.15, -0.1) is 0 Å². The van der Waals surface area contributed by atoms with Gasteiger partial charge in [-0.05, 0) is 32.4 Å². The molecule has 1 aromatic carbocycles. The van der Waals surface area contributed by atoms with Gasteiger partial charge < -0.3 is 9.64 Å². The fourth-order valence-electron chi connectivity index (χ4n) is 2.15. The predicted octanol–water partition coefficient (Wildman–Crippen LogP) is 2.24. The highest BCUT2D eigenvalue weighted by Gasteiger charge is 2.28. The summed E-state index contributed by atoms with van der Waals surface area (Å²) >= 11 is 0. The summed E-state index contributed by atoms with van der Waals surface area (Å²) in [6, 6.07) is 7.89. The van der Waals surface area contributed by atoms with Crippen molar-refractivity contribution in [3.63, 3.8) is 0 Å². The zero-order valence-electron chi connectivity index (χ0n) is 10.6. The minimum Gasteiger partial charge on any atom is -0.375 e. The van der Waals surface area contributed by atoms with Gasteiger partial charge in [0.05, 0.1) is 18.8 Å². The van der Waals surface area contributed by atoms with Crippen LogP contribution in [0.1, 0.15) is 29.8 Å². The number of ether oxygens (including phenoxy) is 1. The van der Waals surface area contributed by atoms with Crippen LogP contribution in [0.25, 0.3) is 0 Å². The fraction of sp³-hybridized carbons (Fsp3) is 0.500. The first-order valence-electron chi connectivity index (χ1n) is 6.08. The van der Waals surface area contributed by atoms with Gasteiger partial charge in [-0.3, -0.25) is 4.79 Å². The van der Waals surface area contributed by atoms with Crippen LogP contribution >= 0.6 is 0 Å². The molecule has 0 unspecified atom stereocenters. The summed E-state index contributed by atoms with van der Waals surface area (Å²) in [6.07, 6.45) is 0.124. The Morgan fingerprint density at radius 3 is 2.76 bits per heavy atom. The van der Waals surface area contributed by atoms with Crippen LogP contribution < -0.4 is 0 Å². The van der Waals surface area contributed by atoms with Gasteiger partial charge in [0.15, 0.2) is 0 Å². The molecule has 0 saturated carbocycles. The molecular weight excluding hydrogens is 214 g/mol. The fourth-order valence-corrected chi connectivity index (χ4v) is 2.15. The molecule has 0 bridgehead atoms. The SMILES string of the molecule is Cc1ccccc1C(=O)N1C[C@H](C)OC[C@H]1C.